The first-order valence-electron chi connectivity index (χ1n) is 12.7. The van der Waals surface area contributed by atoms with Crippen molar-refractivity contribution in [2.45, 2.75) is 44.9 Å². The van der Waals surface area contributed by atoms with E-state index in [9.17, 15) is 0 Å². The minimum atomic E-state index is -1.33. The van der Waals surface area contributed by atoms with Gasteiger partial charge in [0.1, 0.15) is 28.6 Å². The molecule has 2 aromatic carbocycles. The zero-order valence-corrected chi connectivity index (χ0v) is 21.2. The van der Waals surface area contributed by atoms with Crippen LogP contribution < -0.4 is 16.2 Å². The van der Waals surface area contributed by atoms with Crippen molar-refractivity contribution in [2.75, 3.05) is 5.73 Å². The van der Waals surface area contributed by atoms with E-state index in [1.54, 1.807) is 6.20 Å². The molecule has 38 heavy (non-hydrogen) atoms. The monoisotopic (exact) mass is 510 g/mol. The fraction of sp³-hybridized carbons (Fsp3) is 0.241. The number of nitrogens with zero attached hydrogens (tertiary/aromatic N) is 4. The van der Waals surface area contributed by atoms with Crippen molar-refractivity contribution >= 4 is 28.3 Å². The number of imidazole rings is 1. The number of hydrogen-bond acceptors (Lipinski definition) is 6. The van der Waals surface area contributed by atoms with Gasteiger partial charge in [0.25, 0.3) is 0 Å². The molecule has 1 aliphatic carbocycles. The predicted octanol–water partition coefficient (Wildman–Crippen LogP) is 6.30. The highest BCUT2D eigenvalue weighted by atomic mass is 16.5. The van der Waals surface area contributed by atoms with Gasteiger partial charge in [-0.05, 0) is 43.5 Å². The molecule has 5 aromatic rings. The fourth-order valence-corrected chi connectivity index (χ4v) is 5.12. The Morgan fingerprint density at radius 2 is 1.79 bits per heavy atom. The molecule has 1 aliphatic rings. The second-order valence-electron chi connectivity index (χ2n) is 9.45. The first kappa shape index (κ1) is 25.0. The Bertz CT molecular complexity index is 1590. The largest absolute Gasteiger partial charge is 0.465 e. The topological polar surface area (TPSA) is 142 Å². The van der Waals surface area contributed by atoms with Crippen LogP contribution in [0.5, 0.6) is 11.6 Å². The number of pyridine rings is 1. The molecule has 3 heterocycles. The molecule has 6 rings (SSSR count). The molecule has 0 saturated heterocycles. The maximum atomic E-state index is 8.78. The van der Waals surface area contributed by atoms with Gasteiger partial charge in [-0.3, -0.25) is 4.40 Å². The minimum Gasteiger partial charge on any atom is -0.465 e. The summed E-state index contributed by atoms with van der Waals surface area (Å²) in [6.07, 6.45) is 8.55. The smallest absolute Gasteiger partial charge is 0.402 e. The van der Waals surface area contributed by atoms with Gasteiger partial charge in [-0.25, -0.2) is 19.7 Å². The predicted molar refractivity (Wildman–Crippen MR) is 147 cm³/mol. The summed E-state index contributed by atoms with van der Waals surface area (Å²) in [5, 5.41) is 8.28. The number of amides is 1. The van der Waals surface area contributed by atoms with E-state index in [0.29, 0.717) is 17.6 Å². The highest BCUT2D eigenvalue weighted by Gasteiger charge is 2.24. The standard InChI is InChI=1S/C28H27N5O.CH3NO2/c1-18-16-24(34-21-10-6-3-7-11-21)31-23-17-20(12-13-22(18)23)25-26-27(29)30-14-15-33(26)28(32-25)19-8-4-2-5-9-19;2-1(3)4/h3,6-7,10-17,19H,2,4-5,8-9H2,1H3,(H2,29,30);2H2,(H,3,4). The Morgan fingerprint density at radius 1 is 1.05 bits per heavy atom. The second kappa shape index (κ2) is 10.8. The number of aryl methyl sites for hydroxylation is 1. The lowest BCUT2D eigenvalue weighted by molar-refractivity contribution is 0.205. The molecule has 0 bridgehead atoms. The molecule has 9 heteroatoms. The quantitative estimate of drug-likeness (QED) is 0.258. The second-order valence-corrected chi connectivity index (χ2v) is 9.45. The lowest BCUT2D eigenvalue weighted by Crippen LogP contribution is -2.09. The summed E-state index contributed by atoms with van der Waals surface area (Å²) in [5.74, 6) is 3.37. The van der Waals surface area contributed by atoms with Crippen molar-refractivity contribution in [1.29, 1.82) is 0 Å². The minimum absolute atomic E-state index is 0.448. The molecule has 0 spiro atoms. The fourth-order valence-electron chi connectivity index (χ4n) is 5.12. The lowest BCUT2D eigenvalue weighted by atomic mass is 9.89. The van der Waals surface area contributed by atoms with Gasteiger partial charge in [0.2, 0.25) is 5.88 Å². The van der Waals surface area contributed by atoms with E-state index in [1.165, 1.54) is 32.1 Å². The van der Waals surface area contributed by atoms with Gasteiger partial charge in [-0.15, -0.1) is 0 Å². The maximum absolute atomic E-state index is 8.78. The molecule has 9 nitrogen and oxygen atoms in total. The molecule has 3 aromatic heterocycles. The summed E-state index contributed by atoms with van der Waals surface area (Å²) in [7, 11) is 0. The molecule has 5 N–H and O–H groups in total. The number of para-hydroxylation sites is 1. The van der Waals surface area contributed by atoms with Gasteiger partial charge in [-0.1, -0.05) is 49.6 Å². The summed E-state index contributed by atoms with van der Waals surface area (Å²) >= 11 is 0. The highest BCUT2D eigenvalue weighted by molar-refractivity contribution is 5.92. The third-order valence-corrected chi connectivity index (χ3v) is 6.81. The van der Waals surface area contributed by atoms with Crippen molar-refractivity contribution in [3.05, 3.63) is 78.4 Å². The number of carboxylic acid groups (broad SMARTS) is 1. The van der Waals surface area contributed by atoms with Crippen LogP contribution in [-0.2, 0) is 0 Å². The Balaban J connectivity index is 0.000000689. The van der Waals surface area contributed by atoms with Crippen molar-refractivity contribution in [1.82, 2.24) is 19.4 Å². The first-order chi connectivity index (χ1) is 18.4. The van der Waals surface area contributed by atoms with Crippen LogP contribution in [0.3, 0.4) is 0 Å². The molecular formula is C29H30N6O3. The number of anilines is 1. The van der Waals surface area contributed by atoms with E-state index in [4.69, 9.17) is 30.3 Å². The molecule has 0 aliphatic heterocycles. The number of rotatable bonds is 4. The van der Waals surface area contributed by atoms with Gasteiger partial charge in [0, 0.05) is 35.3 Å². The number of nitrogens with two attached hydrogens (primary N) is 2. The molecule has 0 atom stereocenters. The number of ether oxygens (including phenoxy) is 1. The highest BCUT2D eigenvalue weighted by Crippen LogP contribution is 2.37. The van der Waals surface area contributed by atoms with E-state index in [0.717, 1.165) is 44.8 Å². The number of benzene rings is 2. The molecule has 0 radical (unpaired) electrons. The molecule has 0 unspecified atom stereocenters. The van der Waals surface area contributed by atoms with Crippen molar-refractivity contribution in [3.63, 3.8) is 0 Å². The SMILES string of the molecule is Cc1cc(Oc2ccccc2)nc2cc(-c3nc(C4CCCCC4)n4ccnc(N)c34)ccc12.NC(=O)O. The van der Waals surface area contributed by atoms with Crippen LogP contribution in [0, 0.1) is 6.92 Å². The van der Waals surface area contributed by atoms with Crippen molar-refractivity contribution in [3.8, 4) is 22.9 Å². The van der Waals surface area contributed by atoms with Crippen molar-refractivity contribution in [2.24, 2.45) is 5.73 Å². The maximum Gasteiger partial charge on any atom is 0.402 e. The average molecular weight is 511 g/mol. The number of hydrogen-bond donors (Lipinski definition) is 3. The Morgan fingerprint density at radius 3 is 2.53 bits per heavy atom. The number of primary amides is 1. The first-order valence-corrected chi connectivity index (χ1v) is 12.7. The number of aromatic nitrogens is 4. The Labute approximate surface area is 220 Å². The van der Waals surface area contributed by atoms with E-state index in [-0.39, 0.29) is 0 Å². The van der Waals surface area contributed by atoms with Crippen LogP contribution in [0.1, 0.15) is 49.4 Å². The number of carbonyl (C=O) groups is 1. The van der Waals surface area contributed by atoms with Crippen LogP contribution in [0.4, 0.5) is 10.6 Å². The van der Waals surface area contributed by atoms with Gasteiger partial charge in [0.05, 0.1) is 5.52 Å². The van der Waals surface area contributed by atoms with E-state index in [2.05, 4.69) is 40.2 Å². The van der Waals surface area contributed by atoms with Crippen molar-refractivity contribution < 1.29 is 14.6 Å². The summed E-state index contributed by atoms with van der Waals surface area (Å²) in [5.41, 5.74) is 15.1. The molecule has 1 amide bonds. The molecule has 194 valence electrons. The zero-order valence-electron chi connectivity index (χ0n) is 21.2. The van der Waals surface area contributed by atoms with Crippen LogP contribution in [0.15, 0.2) is 67.0 Å². The Kier molecular flexibility index (Phi) is 7.08. The van der Waals surface area contributed by atoms with Crippen LogP contribution in [0.25, 0.3) is 27.7 Å². The molecular weight excluding hydrogens is 480 g/mol. The van der Waals surface area contributed by atoms with Gasteiger partial charge in [0.15, 0.2) is 0 Å². The zero-order chi connectivity index (χ0) is 26.6. The number of nitrogen functional groups attached to an aromatic ring is 1. The number of fused-ring (bicyclic) bond motifs is 2. The van der Waals surface area contributed by atoms with E-state index >= 15 is 0 Å². The van der Waals surface area contributed by atoms with Crippen LogP contribution in [-0.4, -0.2) is 30.6 Å². The lowest BCUT2D eigenvalue weighted by Gasteiger charge is -2.20. The average Bonchev–Trinajstić information content (AvgIpc) is 3.30. The molecule has 1 saturated carbocycles. The summed E-state index contributed by atoms with van der Waals surface area (Å²) < 4.78 is 8.17. The molecule has 1 fully saturated rings. The Hall–Kier alpha value is -4.66. The third-order valence-electron chi connectivity index (χ3n) is 6.81. The van der Waals surface area contributed by atoms with Gasteiger partial charge >= 0.3 is 6.09 Å². The summed E-state index contributed by atoms with van der Waals surface area (Å²) in [4.78, 5) is 23.1. The summed E-state index contributed by atoms with van der Waals surface area (Å²) in [6, 6.07) is 18.0. The van der Waals surface area contributed by atoms with Crippen LogP contribution >= 0.6 is 0 Å². The van der Waals surface area contributed by atoms with Crippen LogP contribution in [0.2, 0.25) is 0 Å². The summed E-state index contributed by atoms with van der Waals surface area (Å²) in [6.45, 7) is 2.08. The third kappa shape index (κ3) is 5.22. The van der Waals surface area contributed by atoms with E-state index in [1.807, 2.05) is 42.6 Å². The normalized spacial score (nSPS) is 13.7. The van der Waals surface area contributed by atoms with Gasteiger partial charge < -0.3 is 21.3 Å². The van der Waals surface area contributed by atoms with Gasteiger partial charge in [-0.2, -0.15) is 0 Å². The van der Waals surface area contributed by atoms with E-state index < -0.39 is 6.09 Å².